The molecule has 4 heteroatoms. The van der Waals surface area contributed by atoms with Crippen LogP contribution in [0.5, 0.6) is 0 Å². The SMILES string of the molecule is Cc1cc(N2CCCC2C2COCCC2O)ccn1. The van der Waals surface area contributed by atoms with Gasteiger partial charge in [0, 0.05) is 42.7 Å². The Bertz CT molecular complexity index is 438. The van der Waals surface area contributed by atoms with E-state index < -0.39 is 0 Å². The highest BCUT2D eigenvalue weighted by molar-refractivity contribution is 5.48. The molecule has 0 bridgehead atoms. The fourth-order valence-electron chi connectivity index (χ4n) is 3.38. The molecule has 0 amide bonds. The summed E-state index contributed by atoms with van der Waals surface area (Å²) in [5.41, 5.74) is 2.27. The van der Waals surface area contributed by atoms with Crippen molar-refractivity contribution in [1.29, 1.82) is 0 Å². The van der Waals surface area contributed by atoms with Crippen LogP contribution in [0.4, 0.5) is 5.69 Å². The van der Waals surface area contributed by atoms with Gasteiger partial charge in [-0.3, -0.25) is 4.98 Å². The molecule has 19 heavy (non-hydrogen) atoms. The van der Waals surface area contributed by atoms with Gasteiger partial charge in [-0.1, -0.05) is 0 Å². The van der Waals surface area contributed by atoms with Crippen LogP contribution in [0.25, 0.3) is 0 Å². The smallest absolute Gasteiger partial charge is 0.0632 e. The van der Waals surface area contributed by atoms with Gasteiger partial charge in [-0.2, -0.15) is 0 Å². The van der Waals surface area contributed by atoms with E-state index in [1.807, 2.05) is 13.1 Å². The van der Waals surface area contributed by atoms with Gasteiger partial charge in [0.25, 0.3) is 0 Å². The first-order chi connectivity index (χ1) is 9.25. The van der Waals surface area contributed by atoms with Crippen LogP contribution in [0.3, 0.4) is 0 Å². The van der Waals surface area contributed by atoms with Crippen LogP contribution < -0.4 is 4.90 Å². The lowest BCUT2D eigenvalue weighted by Gasteiger charge is -2.38. The standard InChI is InChI=1S/C15H22N2O2/c1-11-9-12(4-6-16-11)17-7-2-3-14(17)13-10-19-8-5-15(13)18/h4,6,9,13-15,18H,2-3,5,7-8,10H2,1H3. The molecule has 2 aliphatic heterocycles. The van der Waals surface area contributed by atoms with E-state index in [4.69, 9.17) is 4.74 Å². The van der Waals surface area contributed by atoms with Gasteiger partial charge >= 0.3 is 0 Å². The summed E-state index contributed by atoms with van der Waals surface area (Å²) in [5.74, 6) is 0.240. The van der Waals surface area contributed by atoms with Gasteiger partial charge in [-0.25, -0.2) is 0 Å². The zero-order chi connectivity index (χ0) is 13.2. The van der Waals surface area contributed by atoms with E-state index in [1.54, 1.807) is 0 Å². The Morgan fingerprint density at radius 2 is 2.32 bits per heavy atom. The molecule has 0 spiro atoms. The van der Waals surface area contributed by atoms with Gasteiger partial charge in [0.15, 0.2) is 0 Å². The lowest BCUT2D eigenvalue weighted by molar-refractivity contribution is -0.0437. The maximum Gasteiger partial charge on any atom is 0.0632 e. The number of hydrogen-bond acceptors (Lipinski definition) is 4. The lowest BCUT2D eigenvalue weighted by Crippen LogP contribution is -2.46. The molecule has 104 valence electrons. The monoisotopic (exact) mass is 262 g/mol. The second-order valence-electron chi connectivity index (χ2n) is 5.65. The quantitative estimate of drug-likeness (QED) is 0.882. The Labute approximate surface area is 114 Å². The molecule has 3 unspecified atom stereocenters. The van der Waals surface area contributed by atoms with E-state index in [9.17, 15) is 5.11 Å². The van der Waals surface area contributed by atoms with Crippen molar-refractivity contribution in [3.05, 3.63) is 24.0 Å². The second-order valence-corrected chi connectivity index (χ2v) is 5.65. The third-order valence-electron chi connectivity index (χ3n) is 4.37. The molecule has 3 rings (SSSR count). The molecule has 1 aromatic rings. The number of aliphatic hydroxyl groups excluding tert-OH is 1. The molecule has 0 saturated carbocycles. The highest BCUT2D eigenvalue weighted by atomic mass is 16.5. The summed E-state index contributed by atoms with van der Waals surface area (Å²) in [6, 6.07) is 4.60. The molecule has 3 heterocycles. The lowest BCUT2D eigenvalue weighted by atomic mass is 9.89. The minimum absolute atomic E-state index is 0.220. The molecular weight excluding hydrogens is 240 g/mol. The molecule has 1 N–H and O–H groups in total. The summed E-state index contributed by atoms with van der Waals surface area (Å²) >= 11 is 0. The first-order valence-electron chi connectivity index (χ1n) is 7.21. The maximum absolute atomic E-state index is 10.2. The van der Waals surface area contributed by atoms with Crippen LogP contribution in [0.1, 0.15) is 25.0 Å². The zero-order valence-electron chi connectivity index (χ0n) is 11.5. The van der Waals surface area contributed by atoms with E-state index in [-0.39, 0.29) is 12.0 Å². The molecule has 0 radical (unpaired) electrons. The molecule has 0 aromatic carbocycles. The van der Waals surface area contributed by atoms with E-state index in [2.05, 4.69) is 22.0 Å². The van der Waals surface area contributed by atoms with Crippen LogP contribution >= 0.6 is 0 Å². The Morgan fingerprint density at radius 1 is 1.42 bits per heavy atom. The number of aliphatic hydroxyl groups is 1. The minimum Gasteiger partial charge on any atom is -0.393 e. The number of aryl methyl sites for hydroxylation is 1. The van der Waals surface area contributed by atoms with Gasteiger partial charge in [0.1, 0.15) is 0 Å². The number of pyridine rings is 1. The predicted molar refractivity (Wildman–Crippen MR) is 74.3 cm³/mol. The number of aromatic nitrogens is 1. The van der Waals surface area contributed by atoms with Crippen molar-refractivity contribution < 1.29 is 9.84 Å². The normalized spacial score (nSPS) is 31.7. The second kappa shape index (κ2) is 5.47. The van der Waals surface area contributed by atoms with Gasteiger partial charge in [0.05, 0.1) is 12.7 Å². The molecule has 4 nitrogen and oxygen atoms in total. The van der Waals surface area contributed by atoms with E-state index >= 15 is 0 Å². The summed E-state index contributed by atoms with van der Waals surface area (Å²) in [6.07, 6.45) is 4.75. The first kappa shape index (κ1) is 12.9. The largest absolute Gasteiger partial charge is 0.393 e. The number of anilines is 1. The van der Waals surface area contributed by atoms with Crippen molar-refractivity contribution in [2.24, 2.45) is 5.92 Å². The fraction of sp³-hybridized carbons (Fsp3) is 0.667. The van der Waals surface area contributed by atoms with Gasteiger partial charge in [-0.15, -0.1) is 0 Å². The Kier molecular flexibility index (Phi) is 3.71. The highest BCUT2D eigenvalue weighted by Gasteiger charge is 2.37. The van der Waals surface area contributed by atoms with Crippen LogP contribution in [-0.2, 0) is 4.74 Å². The average Bonchev–Trinajstić information content (AvgIpc) is 2.88. The van der Waals surface area contributed by atoms with Crippen molar-refractivity contribution >= 4 is 5.69 Å². The Balaban J connectivity index is 1.81. The Morgan fingerprint density at radius 3 is 3.11 bits per heavy atom. The van der Waals surface area contributed by atoms with Crippen molar-refractivity contribution in [3.8, 4) is 0 Å². The van der Waals surface area contributed by atoms with Crippen molar-refractivity contribution in [2.45, 2.75) is 38.3 Å². The van der Waals surface area contributed by atoms with Crippen molar-refractivity contribution in [3.63, 3.8) is 0 Å². The summed E-state index contributed by atoms with van der Waals surface area (Å²) in [6.45, 7) is 4.47. The third kappa shape index (κ3) is 2.60. The average molecular weight is 262 g/mol. The molecule has 3 atom stereocenters. The van der Waals surface area contributed by atoms with Gasteiger partial charge in [0.2, 0.25) is 0 Å². The van der Waals surface area contributed by atoms with Crippen LogP contribution in [0, 0.1) is 12.8 Å². The first-order valence-corrected chi connectivity index (χ1v) is 7.21. The number of rotatable bonds is 2. The van der Waals surface area contributed by atoms with E-state index in [0.717, 1.165) is 25.1 Å². The number of ether oxygens (including phenoxy) is 1. The van der Waals surface area contributed by atoms with Crippen LogP contribution in [-0.4, -0.2) is 42.0 Å². The Hall–Kier alpha value is -1.13. The van der Waals surface area contributed by atoms with Gasteiger partial charge in [-0.05, 0) is 38.3 Å². The van der Waals surface area contributed by atoms with E-state index in [1.165, 1.54) is 12.1 Å². The zero-order valence-corrected chi connectivity index (χ0v) is 11.5. The molecule has 2 aliphatic rings. The molecule has 0 aliphatic carbocycles. The third-order valence-corrected chi connectivity index (χ3v) is 4.37. The minimum atomic E-state index is -0.220. The molecular formula is C15H22N2O2. The molecule has 2 fully saturated rings. The highest BCUT2D eigenvalue weighted by Crippen LogP contribution is 2.33. The molecule has 2 saturated heterocycles. The summed E-state index contributed by atoms with van der Waals surface area (Å²) in [7, 11) is 0. The van der Waals surface area contributed by atoms with Crippen molar-refractivity contribution in [2.75, 3.05) is 24.7 Å². The molecule has 1 aromatic heterocycles. The van der Waals surface area contributed by atoms with Crippen LogP contribution in [0.2, 0.25) is 0 Å². The van der Waals surface area contributed by atoms with Gasteiger partial charge < -0.3 is 14.7 Å². The number of hydrogen-bond donors (Lipinski definition) is 1. The summed E-state index contributed by atoms with van der Waals surface area (Å²) < 4.78 is 5.57. The summed E-state index contributed by atoms with van der Waals surface area (Å²) in [5, 5.41) is 10.2. The number of nitrogens with zero attached hydrogens (tertiary/aromatic N) is 2. The van der Waals surface area contributed by atoms with E-state index in [0.29, 0.717) is 19.3 Å². The topological polar surface area (TPSA) is 45.6 Å². The van der Waals surface area contributed by atoms with Crippen molar-refractivity contribution in [1.82, 2.24) is 4.98 Å². The van der Waals surface area contributed by atoms with Crippen LogP contribution in [0.15, 0.2) is 18.3 Å². The fourth-order valence-corrected chi connectivity index (χ4v) is 3.38. The predicted octanol–water partition coefficient (Wildman–Crippen LogP) is 1.76. The summed E-state index contributed by atoms with van der Waals surface area (Å²) in [4.78, 5) is 6.69. The maximum atomic E-state index is 10.2.